The number of amides is 2. The summed E-state index contributed by atoms with van der Waals surface area (Å²) >= 11 is 6.14. The van der Waals surface area contributed by atoms with Crippen LogP contribution in [0.15, 0.2) is 30.3 Å². The van der Waals surface area contributed by atoms with E-state index in [1.807, 2.05) is 6.92 Å². The van der Waals surface area contributed by atoms with E-state index >= 15 is 0 Å². The standard InChI is InChI=1S/C22H21ClN2O6/c1-11-4-5-12(10-14(11)23)24-20(27)15-7-9-17(26)25(15)21-13-6-8-16(29-2)19(30-3)18(13)22(28)31-21/h4-6,8,10,15,21H,7,9H2,1-3H3,(H,24,27)/t15-,21?/m0/s1. The number of aryl methyl sites for hydroxylation is 1. The van der Waals surface area contributed by atoms with E-state index in [9.17, 15) is 14.4 Å². The summed E-state index contributed by atoms with van der Waals surface area (Å²) in [5.41, 5.74) is 2.05. The van der Waals surface area contributed by atoms with Crippen LogP contribution in [0.5, 0.6) is 11.5 Å². The number of cyclic esters (lactones) is 1. The minimum absolute atomic E-state index is 0.170. The second-order valence-electron chi connectivity index (χ2n) is 7.33. The van der Waals surface area contributed by atoms with Gasteiger partial charge in [0.2, 0.25) is 18.0 Å². The number of carbonyl (C=O) groups excluding carboxylic acids is 3. The molecule has 9 heteroatoms. The minimum Gasteiger partial charge on any atom is -0.493 e. The molecule has 0 aromatic heterocycles. The van der Waals surface area contributed by atoms with Gasteiger partial charge in [-0.25, -0.2) is 4.79 Å². The number of hydrogen-bond donors (Lipinski definition) is 1. The second-order valence-corrected chi connectivity index (χ2v) is 7.74. The zero-order valence-corrected chi connectivity index (χ0v) is 18.0. The summed E-state index contributed by atoms with van der Waals surface area (Å²) in [4.78, 5) is 39.6. The molecule has 0 spiro atoms. The Morgan fingerprint density at radius 2 is 1.97 bits per heavy atom. The van der Waals surface area contributed by atoms with Gasteiger partial charge < -0.3 is 19.5 Å². The Balaban J connectivity index is 1.64. The Bertz CT molecular complexity index is 1090. The molecule has 0 bridgehead atoms. The summed E-state index contributed by atoms with van der Waals surface area (Å²) in [6, 6.07) is 7.66. The molecule has 2 heterocycles. The first-order chi connectivity index (χ1) is 14.8. The number of ether oxygens (including phenoxy) is 3. The van der Waals surface area contributed by atoms with Gasteiger partial charge in [0.1, 0.15) is 11.6 Å². The summed E-state index contributed by atoms with van der Waals surface area (Å²) in [6.45, 7) is 1.86. The van der Waals surface area contributed by atoms with E-state index in [2.05, 4.69) is 5.32 Å². The highest BCUT2D eigenvalue weighted by atomic mass is 35.5. The predicted octanol–water partition coefficient (Wildman–Crippen LogP) is 3.46. The molecule has 2 aromatic rings. The quantitative estimate of drug-likeness (QED) is 0.710. The Morgan fingerprint density at radius 3 is 2.65 bits per heavy atom. The summed E-state index contributed by atoms with van der Waals surface area (Å²) in [5, 5.41) is 3.32. The van der Waals surface area contributed by atoms with Crippen LogP contribution in [-0.4, -0.2) is 42.9 Å². The number of hydrogen-bond acceptors (Lipinski definition) is 6. The van der Waals surface area contributed by atoms with E-state index in [4.69, 9.17) is 25.8 Å². The van der Waals surface area contributed by atoms with E-state index in [-0.39, 0.29) is 29.5 Å². The number of anilines is 1. The summed E-state index contributed by atoms with van der Waals surface area (Å²) in [5.74, 6) is -0.690. The SMILES string of the molecule is COc1ccc2c(c1OC)C(=O)OC2N1C(=O)CC[C@H]1C(=O)Nc1ccc(C)c(Cl)c1. The van der Waals surface area contributed by atoms with Gasteiger partial charge in [-0.05, 0) is 43.2 Å². The molecule has 1 N–H and O–H groups in total. The third kappa shape index (κ3) is 3.57. The zero-order chi connectivity index (χ0) is 22.3. The van der Waals surface area contributed by atoms with E-state index in [0.29, 0.717) is 28.4 Å². The van der Waals surface area contributed by atoms with Gasteiger partial charge in [0.15, 0.2) is 11.5 Å². The van der Waals surface area contributed by atoms with Crippen LogP contribution < -0.4 is 14.8 Å². The van der Waals surface area contributed by atoms with Gasteiger partial charge in [0.25, 0.3) is 0 Å². The van der Waals surface area contributed by atoms with Crippen molar-refractivity contribution in [2.45, 2.75) is 32.0 Å². The maximum Gasteiger partial charge on any atom is 0.344 e. The van der Waals surface area contributed by atoms with Crippen molar-refractivity contribution in [3.63, 3.8) is 0 Å². The summed E-state index contributed by atoms with van der Waals surface area (Å²) in [6.07, 6.45) is -0.542. The number of nitrogens with zero attached hydrogens (tertiary/aromatic N) is 1. The van der Waals surface area contributed by atoms with Crippen LogP contribution in [0.4, 0.5) is 5.69 Å². The molecular formula is C22H21ClN2O6. The highest BCUT2D eigenvalue weighted by Crippen LogP contribution is 2.45. The van der Waals surface area contributed by atoms with E-state index in [0.717, 1.165) is 5.56 Å². The number of nitrogens with one attached hydrogen (secondary N) is 1. The topological polar surface area (TPSA) is 94.2 Å². The molecule has 0 radical (unpaired) electrons. The average Bonchev–Trinajstić information content (AvgIpc) is 3.29. The van der Waals surface area contributed by atoms with Gasteiger partial charge in [0, 0.05) is 22.7 Å². The molecule has 0 aliphatic carbocycles. The summed E-state index contributed by atoms with van der Waals surface area (Å²) < 4.78 is 16.1. The van der Waals surface area contributed by atoms with E-state index in [1.54, 1.807) is 30.3 Å². The number of rotatable bonds is 5. The molecule has 2 aliphatic heterocycles. The first kappa shape index (κ1) is 21.0. The summed E-state index contributed by atoms with van der Waals surface area (Å²) in [7, 11) is 2.88. The van der Waals surface area contributed by atoms with Crippen molar-refractivity contribution in [3.8, 4) is 11.5 Å². The van der Waals surface area contributed by atoms with Gasteiger partial charge in [-0.3, -0.25) is 14.5 Å². The number of benzene rings is 2. The fourth-order valence-corrected chi connectivity index (χ4v) is 4.12. The smallest absolute Gasteiger partial charge is 0.344 e. The maximum absolute atomic E-state index is 13.0. The van der Waals surface area contributed by atoms with Gasteiger partial charge >= 0.3 is 5.97 Å². The number of likely N-dealkylation sites (tertiary alicyclic amines) is 1. The van der Waals surface area contributed by atoms with Crippen molar-refractivity contribution in [1.29, 1.82) is 0 Å². The van der Waals surface area contributed by atoms with Crippen molar-refractivity contribution in [1.82, 2.24) is 4.90 Å². The first-order valence-corrected chi connectivity index (χ1v) is 10.1. The van der Waals surface area contributed by atoms with Crippen LogP contribution >= 0.6 is 11.6 Å². The van der Waals surface area contributed by atoms with Crippen molar-refractivity contribution < 1.29 is 28.6 Å². The average molecular weight is 445 g/mol. The molecule has 2 aromatic carbocycles. The van der Waals surface area contributed by atoms with Gasteiger partial charge in [-0.2, -0.15) is 0 Å². The highest BCUT2D eigenvalue weighted by molar-refractivity contribution is 6.31. The number of methoxy groups -OCH3 is 2. The Kier molecular flexibility index (Phi) is 5.49. The van der Waals surface area contributed by atoms with E-state index in [1.165, 1.54) is 19.1 Å². The minimum atomic E-state index is -1.02. The number of halogens is 1. The molecule has 0 saturated carbocycles. The molecule has 162 valence electrons. The van der Waals surface area contributed by atoms with Crippen LogP contribution in [-0.2, 0) is 14.3 Å². The third-order valence-electron chi connectivity index (χ3n) is 5.52. The van der Waals surface area contributed by atoms with Crippen LogP contribution in [0.25, 0.3) is 0 Å². The molecule has 1 saturated heterocycles. The Morgan fingerprint density at radius 1 is 1.19 bits per heavy atom. The molecule has 2 atom stereocenters. The van der Waals surface area contributed by atoms with Crippen molar-refractivity contribution in [2.75, 3.05) is 19.5 Å². The molecule has 2 amide bonds. The maximum atomic E-state index is 13.0. The fourth-order valence-electron chi connectivity index (χ4n) is 3.94. The van der Waals surface area contributed by atoms with Crippen molar-refractivity contribution in [3.05, 3.63) is 52.0 Å². The second kappa shape index (κ2) is 8.11. The lowest BCUT2D eigenvalue weighted by Gasteiger charge is -2.29. The highest BCUT2D eigenvalue weighted by Gasteiger charge is 2.47. The lowest BCUT2D eigenvalue weighted by molar-refractivity contribution is -0.144. The van der Waals surface area contributed by atoms with E-state index < -0.39 is 18.2 Å². The molecule has 1 fully saturated rings. The van der Waals surface area contributed by atoms with Crippen LogP contribution in [0.2, 0.25) is 5.02 Å². The molecule has 4 rings (SSSR count). The molecular weight excluding hydrogens is 424 g/mol. The lowest BCUT2D eigenvalue weighted by Crippen LogP contribution is -2.43. The van der Waals surface area contributed by atoms with Gasteiger partial charge in [0.05, 0.1) is 14.2 Å². The number of carbonyl (C=O) groups is 3. The normalized spacial score (nSPS) is 19.8. The molecule has 1 unspecified atom stereocenters. The predicted molar refractivity (Wildman–Crippen MR) is 112 cm³/mol. The van der Waals surface area contributed by atoms with Crippen molar-refractivity contribution in [2.24, 2.45) is 0 Å². The fraction of sp³-hybridized carbons (Fsp3) is 0.318. The molecule has 31 heavy (non-hydrogen) atoms. The zero-order valence-electron chi connectivity index (χ0n) is 17.2. The lowest BCUT2D eigenvalue weighted by atomic mass is 10.0. The Labute approximate surface area is 184 Å². The molecule has 2 aliphatic rings. The van der Waals surface area contributed by atoms with Crippen molar-refractivity contribution >= 4 is 35.1 Å². The number of fused-ring (bicyclic) bond motifs is 1. The van der Waals surface area contributed by atoms with Crippen LogP contribution in [0.3, 0.4) is 0 Å². The van der Waals surface area contributed by atoms with Gasteiger partial charge in [-0.15, -0.1) is 0 Å². The molecule has 8 nitrogen and oxygen atoms in total. The third-order valence-corrected chi connectivity index (χ3v) is 5.92. The largest absolute Gasteiger partial charge is 0.493 e. The monoisotopic (exact) mass is 444 g/mol. The Hall–Kier alpha value is -3.26. The van der Waals surface area contributed by atoms with Crippen LogP contribution in [0.1, 0.15) is 40.6 Å². The first-order valence-electron chi connectivity index (χ1n) is 9.69. The van der Waals surface area contributed by atoms with Crippen LogP contribution in [0, 0.1) is 6.92 Å². The number of esters is 1. The van der Waals surface area contributed by atoms with Gasteiger partial charge in [-0.1, -0.05) is 17.7 Å².